The number of thioether (sulfide) groups is 1. The maximum atomic E-state index is 12.2. The first-order chi connectivity index (χ1) is 9.70. The fourth-order valence-corrected chi connectivity index (χ4v) is 3.34. The Morgan fingerprint density at radius 1 is 1.50 bits per heavy atom. The number of benzene rings is 1. The van der Waals surface area contributed by atoms with Crippen molar-refractivity contribution < 1.29 is 9.90 Å². The van der Waals surface area contributed by atoms with Gasteiger partial charge in [-0.05, 0) is 43.2 Å². The number of carbonyl (C=O) groups is 1. The molecule has 3 nitrogen and oxygen atoms in total. The summed E-state index contributed by atoms with van der Waals surface area (Å²) in [6, 6.07) is 5.69. The van der Waals surface area contributed by atoms with E-state index in [1.807, 2.05) is 25.1 Å². The van der Waals surface area contributed by atoms with Gasteiger partial charge in [-0.1, -0.05) is 24.3 Å². The Labute approximate surface area is 124 Å². The SMILES string of the molecule is Cc1ccc(NC(=O)C2CCCCS2)cc1C#CCO. The second-order valence-corrected chi connectivity index (χ2v) is 6.14. The molecule has 1 aromatic rings. The number of aliphatic hydroxyl groups excluding tert-OH is 1. The summed E-state index contributed by atoms with van der Waals surface area (Å²) >= 11 is 1.74. The fraction of sp³-hybridized carbons (Fsp3) is 0.438. The van der Waals surface area contributed by atoms with E-state index in [2.05, 4.69) is 17.2 Å². The molecular weight excluding hydrogens is 270 g/mol. The molecule has 2 rings (SSSR count). The van der Waals surface area contributed by atoms with Gasteiger partial charge in [0, 0.05) is 11.3 Å². The van der Waals surface area contributed by atoms with Crippen molar-refractivity contribution in [1.82, 2.24) is 0 Å². The van der Waals surface area contributed by atoms with Crippen molar-refractivity contribution in [1.29, 1.82) is 0 Å². The number of nitrogens with one attached hydrogen (secondary N) is 1. The van der Waals surface area contributed by atoms with Crippen LogP contribution >= 0.6 is 11.8 Å². The summed E-state index contributed by atoms with van der Waals surface area (Å²) in [5, 5.41) is 11.8. The third-order valence-electron chi connectivity index (χ3n) is 3.28. The van der Waals surface area contributed by atoms with Gasteiger partial charge in [0.05, 0.1) is 5.25 Å². The van der Waals surface area contributed by atoms with E-state index in [1.165, 1.54) is 6.42 Å². The maximum absolute atomic E-state index is 12.2. The van der Waals surface area contributed by atoms with Crippen LogP contribution in [0.1, 0.15) is 30.4 Å². The van der Waals surface area contributed by atoms with E-state index >= 15 is 0 Å². The first-order valence-electron chi connectivity index (χ1n) is 6.83. The number of aliphatic hydroxyl groups is 1. The lowest BCUT2D eigenvalue weighted by Crippen LogP contribution is -2.27. The number of aryl methyl sites for hydroxylation is 1. The fourth-order valence-electron chi connectivity index (χ4n) is 2.14. The monoisotopic (exact) mass is 289 g/mol. The maximum Gasteiger partial charge on any atom is 0.237 e. The van der Waals surface area contributed by atoms with E-state index in [9.17, 15) is 4.79 Å². The molecular formula is C16H19NO2S. The van der Waals surface area contributed by atoms with Gasteiger partial charge in [0.2, 0.25) is 5.91 Å². The molecule has 1 fully saturated rings. The largest absolute Gasteiger partial charge is 0.384 e. The van der Waals surface area contributed by atoms with Crippen LogP contribution in [0.15, 0.2) is 18.2 Å². The molecule has 1 atom stereocenters. The summed E-state index contributed by atoms with van der Waals surface area (Å²) in [5.74, 6) is 6.69. The van der Waals surface area contributed by atoms with Gasteiger partial charge in [-0.25, -0.2) is 0 Å². The average molecular weight is 289 g/mol. The standard InChI is InChI=1S/C16H19NO2S/c1-12-7-8-14(11-13(12)5-4-9-18)17-16(19)15-6-2-3-10-20-15/h7-8,11,15,18H,2-3,6,9-10H2,1H3,(H,17,19). The smallest absolute Gasteiger partial charge is 0.237 e. The number of anilines is 1. The normalized spacial score (nSPS) is 18.0. The molecule has 1 saturated heterocycles. The highest BCUT2D eigenvalue weighted by Crippen LogP contribution is 2.26. The van der Waals surface area contributed by atoms with Crippen molar-refractivity contribution >= 4 is 23.4 Å². The van der Waals surface area contributed by atoms with Crippen LogP contribution in [0.3, 0.4) is 0 Å². The zero-order valence-electron chi connectivity index (χ0n) is 11.6. The summed E-state index contributed by atoms with van der Waals surface area (Å²) in [7, 11) is 0. The molecule has 1 aliphatic heterocycles. The first-order valence-corrected chi connectivity index (χ1v) is 7.88. The Bertz CT molecular complexity index is 539. The molecule has 106 valence electrons. The summed E-state index contributed by atoms with van der Waals surface area (Å²) in [5.41, 5.74) is 2.65. The van der Waals surface area contributed by atoms with Crippen LogP contribution in [0.2, 0.25) is 0 Å². The lowest BCUT2D eigenvalue weighted by Gasteiger charge is -2.20. The van der Waals surface area contributed by atoms with Crippen molar-refractivity contribution in [3.05, 3.63) is 29.3 Å². The third kappa shape index (κ3) is 4.03. The number of hydrogen-bond donors (Lipinski definition) is 2. The van der Waals surface area contributed by atoms with Crippen LogP contribution in [0.4, 0.5) is 5.69 Å². The quantitative estimate of drug-likeness (QED) is 0.823. The lowest BCUT2D eigenvalue weighted by molar-refractivity contribution is -0.115. The van der Waals surface area contributed by atoms with Gasteiger partial charge < -0.3 is 10.4 Å². The van der Waals surface area contributed by atoms with Crippen molar-refractivity contribution in [3.63, 3.8) is 0 Å². The van der Waals surface area contributed by atoms with Crippen molar-refractivity contribution in [2.75, 3.05) is 17.7 Å². The second-order valence-electron chi connectivity index (χ2n) is 4.83. The highest BCUT2D eigenvalue weighted by Gasteiger charge is 2.21. The minimum atomic E-state index is -0.158. The van der Waals surface area contributed by atoms with Gasteiger partial charge in [0.25, 0.3) is 0 Å². The van der Waals surface area contributed by atoms with E-state index < -0.39 is 0 Å². The average Bonchev–Trinajstić information content (AvgIpc) is 2.48. The minimum absolute atomic E-state index is 0.0667. The van der Waals surface area contributed by atoms with Crippen LogP contribution in [-0.2, 0) is 4.79 Å². The van der Waals surface area contributed by atoms with Crippen LogP contribution in [0.25, 0.3) is 0 Å². The van der Waals surface area contributed by atoms with E-state index in [4.69, 9.17) is 5.11 Å². The summed E-state index contributed by atoms with van der Waals surface area (Å²) in [6.07, 6.45) is 3.30. The molecule has 4 heteroatoms. The van der Waals surface area contributed by atoms with Crippen LogP contribution in [-0.4, -0.2) is 28.6 Å². The summed E-state index contributed by atoms with van der Waals surface area (Å²) in [4.78, 5) is 12.2. The number of amides is 1. The Kier molecular flexibility index (Phi) is 5.51. The molecule has 20 heavy (non-hydrogen) atoms. The Morgan fingerprint density at radius 2 is 2.35 bits per heavy atom. The second kappa shape index (κ2) is 7.37. The van der Waals surface area contributed by atoms with Gasteiger partial charge in [-0.2, -0.15) is 0 Å². The molecule has 0 aromatic heterocycles. The van der Waals surface area contributed by atoms with E-state index in [0.717, 1.165) is 35.4 Å². The minimum Gasteiger partial charge on any atom is -0.384 e. The molecule has 0 saturated carbocycles. The van der Waals surface area contributed by atoms with Crippen molar-refractivity contribution in [3.8, 4) is 11.8 Å². The highest BCUT2D eigenvalue weighted by atomic mass is 32.2. The lowest BCUT2D eigenvalue weighted by atomic mass is 10.1. The van der Waals surface area contributed by atoms with Crippen LogP contribution in [0, 0.1) is 18.8 Å². The van der Waals surface area contributed by atoms with Gasteiger partial charge >= 0.3 is 0 Å². The molecule has 1 aliphatic rings. The predicted molar refractivity (Wildman–Crippen MR) is 83.9 cm³/mol. The number of carbonyl (C=O) groups excluding carboxylic acids is 1. The molecule has 1 unspecified atom stereocenters. The van der Waals surface area contributed by atoms with Crippen LogP contribution < -0.4 is 5.32 Å². The zero-order chi connectivity index (χ0) is 14.4. The zero-order valence-corrected chi connectivity index (χ0v) is 12.4. The van der Waals surface area contributed by atoms with E-state index in [0.29, 0.717) is 0 Å². The van der Waals surface area contributed by atoms with Crippen molar-refractivity contribution in [2.24, 2.45) is 0 Å². The summed E-state index contributed by atoms with van der Waals surface area (Å²) < 4.78 is 0. The molecule has 1 amide bonds. The number of rotatable bonds is 2. The van der Waals surface area contributed by atoms with Crippen molar-refractivity contribution in [2.45, 2.75) is 31.4 Å². The molecule has 0 radical (unpaired) electrons. The molecule has 1 heterocycles. The molecule has 2 N–H and O–H groups in total. The molecule has 0 spiro atoms. The highest BCUT2D eigenvalue weighted by molar-refractivity contribution is 8.00. The van der Waals surface area contributed by atoms with Gasteiger partial charge in [-0.15, -0.1) is 11.8 Å². The third-order valence-corrected chi connectivity index (χ3v) is 4.66. The summed E-state index contributed by atoms with van der Waals surface area (Å²) in [6.45, 7) is 1.80. The van der Waals surface area contributed by atoms with Gasteiger partial charge in [0.15, 0.2) is 0 Å². The van der Waals surface area contributed by atoms with Gasteiger partial charge in [-0.3, -0.25) is 4.79 Å². The van der Waals surface area contributed by atoms with E-state index in [-0.39, 0.29) is 17.8 Å². The molecule has 1 aromatic carbocycles. The Balaban J connectivity index is 2.07. The Morgan fingerprint density at radius 3 is 3.05 bits per heavy atom. The topological polar surface area (TPSA) is 49.3 Å². The number of hydrogen-bond acceptors (Lipinski definition) is 3. The predicted octanol–water partition coefficient (Wildman–Crippen LogP) is 2.56. The first kappa shape index (κ1) is 15.0. The van der Waals surface area contributed by atoms with Crippen LogP contribution in [0.5, 0.6) is 0 Å². The van der Waals surface area contributed by atoms with E-state index in [1.54, 1.807) is 11.8 Å². The Hall–Kier alpha value is -1.44. The molecule has 0 bridgehead atoms. The van der Waals surface area contributed by atoms with Gasteiger partial charge in [0.1, 0.15) is 6.61 Å². The molecule has 0 aliphatic carbocycles.